The van der Waals surface area contributed by atoms with E-state index in [0.29, 0.717) is 17.9 Å². The van der Waals surface area contributed by atoms with Gasteiger partial charge < -0.3 is 14.0 Å². The fourth-order valence-electron chi connectivity index (χ4n) is 2.74. The highest BCUT2D eigenvalue weighted by atomic mass is 32.2. The molecule has 0 saturated heterocycles. The summed E-state index contributed by atoms with van der Waals surface area (Å²) in [6, 6.07) is 9.98. The number of aryl methyl sites for hydroxylation is 1. The van der Waals surface area contributed by atoms with Crippen LogP contribution in [0, 0.1) is 12.3 Å². The number of benzene rings is 2. The molecule has 0 unspecified atom stereocenters. The third-order valence-corrected chi connectivity index (χ3v) is 7.18. The zero-order valence-corrected chi connectivity index (χ0v) is 17.2. The van der Waals surface area contributed by atoms with E-state index in [1.165, 1.54) is 36.4 Å². The lowest BCUT2D eigenvalue weighted by atomic mass is 10.1. The Labute approximate surface area is 165 Å². The Hall–Kier alpha value is -2.10. The molecule has 7 nitrogen and oxygen atoms in total. The van der Waals surface area contributed by atoms with Gasteiger partial charge in [0.05, 0.1) is 18.1 Å². The molecule has 1 saturated carbocycles. The van der Waals surface area contributed by atoms with Crippen molar-refractivity contribution in [1.82, 2.24) is 0 Å². The van der Waals surface area contributed by atoms with Crippen LogP contribution >= 0.6 is 0 Å². The summed E-state index contributed by atoms with van der Waals surface area (Å²) in [5.74, 6) is 0.438. The lowest BCUT2D eigenvalue weighted by Crippen LogP contribution is -2.17. The summed E-state index contributed by atoms with van der Waals surface area (Å²) in [6.07, 6.45) is 2.71. The molecule has 0 amide bonds. The summed E-state index contributed by atoms with van der Waals surface area (Å²) >= 11 is 0. The second kappa shape index (κ2) is 7.38. The van der Waals surface area contributed by atoms with E-state index < -0.39 is 24.9 Å². The molecule has 0 atom stereocenters. The van der Waals surface area contributed by atoms with Gasteiger partial charge in [0.15, 0.2) is 9.84 Å². The standard InChI is InChI=1S/C19H22O7S2/c1-14-9-15(25-13-19(12-20)7-8-19)11-16(10-14)26-28(23,24)18-6-4-3-5-17(18)27(2,21)22/h3-6,9-11,20H,7-8,12-13H2,1-2H3. The molecule has 28 heavy (non-hydrogen) atoms. The maximum atomic E-state index is 12.7. The molecule has 0 spiro atoms. The van der Waals surface area contributed by atoms with Gasteiger partial charge >= 0.3 is 10.1 Å². The molecule has 0 aromatic heterocycles. The molecule has 1 aliphatic rings. The van der Waals surface area contributed by atoms with Crippen LogP contribution in [0.2, 0.25) is 0 Å². The van der Waals surface area contributed by atoms with Crippen LogP contribution in [0.3, 0.4) is 0 Å². The molecule has 1 fully saturated rings. The van der Waals surface area contributed by atoms with Gasteiger partial charge in [-0.05, 0) is 49.6 Å². The molecule has 152 valence electrons. The summed E-state index contributed by atoms with van der Waals surface area (Å²) in [4.78, 5) is -0.739. The number of ether oxygens (including phenoxy) is 1. The molecule has 3 rings (SSSR count). The summed E-state index contributed by atoms with van der Waals surface area (Å²) in [7, 11) is -8.12. The van der Waals surface area contributed by atoms with Crippen LogP contribution in [0.1, 0.15) is 18.4 Å². The first-order chi connectivity index (χ1) is 13.0. The van der Waals surface area contributed by atoms with Crippen LogP contribution in [-0.4, -0.2) is 41.4 Å². The minimum atomic E-state index is -4.37. The van der Waals surface area contributed by atoms with Crippen LogP contribution in [0.4, 0.5) is 0 Å². The molecule has 0 radical (unpaired) electrons. The van der Waals surface area contributed by atoms with Crippen molar-refractivity contribution in [2.75, 3.05) is 19.5 Å². The molecular formula is C19H22O7S2. The van der Waals surface area contributed by atoms with Gasteiger partial charge in [-0.1, -0.05) is 12.1 Å². The molecule has 1 aliphatic carbocycles. The molecule has 0 heterocycles. The minimum Gasteiger partial charge on any atom is -0.493 e. The maximum Gasteiger partial charge on any atom is 0.340 e. The van der Waals surface area contributed by atoms with E-state index in [1.807, 2.05) is 0 Å². The van der Waals surface area contributed by atoms with Crippen LogP contribution in [0.25, 0.3) is 0 Å². The Morgan fingerprint density at radius 1 is 1.00 bits per heavy atom. The van der Waals surface area contributed by atoms with Gasteiger partial charge in [0.2, 0.25) is 0 Å². The van der Waals surface area contributed by atoms with Crippen LogP contribution in [-0.2, 0) is 20.0 Å². The first kappa shape index (κ1) is 20.6. The SMILES string of the molecule is Cc1cc(OCC2(CO)CC2)cc(OS(=O)(=O)c2ccccc2S(C)(=O)=O)c1. The first-order valence-corrected chi connectivity index (χ1v) is 11.9. The summed E-state index contributed by atoms with van der Waals surface area (Å²) in [5, 5.41) is 9.38. The highest BCUT2D eigenvalue weighted by Crippen LogP contribution is 2.45. The topological polar surface area (TPSA) is 107 Å². The van der Waals surface area contributed by atoms with E-state index in [9.17, 15) is 21.9 Å². The van der Waals surface area contributed by atoms with Gasteiger partial charge in [-0.2, -0.15) is 8.42 Å². The van der Waals surface area contributed by atoms with Gasteiger partial charge in [0.25, 0.3) is 0 Å². The normalized spacial score (nSPS) is 15.8. The van der Waals surface area contributed by atoms with Gasteiger partial charge in [-0.25, -0.2) is 8.42 Å². The zero-order chi connectivity index (χ0) is 20.6. The van der Waals surface area contributed by atoms with E-state index in [0.717, 1.165) is 19.1 Å². The predicted molar refractivity (Wildman–Crippen MR) is 103 cm³/mol. The number of aliphatic hydroxyl groups excluding tert-OH is 1. The Morgan fingerprint density at radius 3 is 2.18 bits per heavy atom. The predicted octanol–water partition coefficient (Wildman–Crippen LogP) is 2.32. The molecule has 2 aromatic carbocycles. The quantitative estimate of drug-likeness (QED) is 0.646. The molecule has 1 N–H and O–H groups in total. The Bertz CT molecular complexity index is 1090. The monoisotopic (exact) mass is 426 g/mol. The lowest BCUT2D eigenvalue weighted by molar-refractivity contribution is 0.146. The molecular weight excluding hydrogens is 404 g/mol. The highest BCUT2D eigenvalue weighted by molar-refractivity contribution is 7.92. The second-order valence-corrected chi connectivity index (χ2v) is 10.7. The number of hydrogen-bond acceptors (Lipinski definition) is 7. The van der Waals surface area contributed by atoms with Crippen molar-refractivity contribution in [3.63, 3.8) is 0 Å². The number of hydrogen-bond donors (Lipinski definition) is 1. The van der Waals surface area contributed by atoms with E-state index in [1.54, 1.807) is 13.0 Å². The minimum absolute atomic E-state index is 0.0205. The molecule has 2 aromatic rings. The van der Waals surface area contributed by atoms with Crippen molar-refractivity contribution in [2.45, 2.75) is 29.6 Å². The average Bonchev–Trinajstić information content (AvgIpc) is 3.39. The zero-order valence-electron chi connectivity index (χ0n) is 15.6. The van der Waals surface area contributed by atoms with Crippen LogP contribution in [0.5, 0.6) is 11.5 Å². The number of rotatable bonds is 8. The van der Waals surface area contributed by atoms with Crippen molar-refractivity contribution >= 4 is 20.0 Å². The van der Waals surface area contributed by atoms with E-state index in [2.05, 4.69) is 0 Å². The van der Waals surface area contributed by atoms with Crippen molar-refractivity contribution < 1.29 is 30.9 Å². The van der Waals surface area contributed by atoms with Crippen molar-refractivity contribution in [3.8, 4) is 11.5 Å². The number of aliphatic hydroxyl groups is 1. The van der Waals surface area contributed by atoms with E-state index >= 15 is 0 Å². The van der Waals surface area contributed by atoms with Crippen LogP contribution < -0.4 is 8.92 Å². The molecule has 9 heteroatoms. The lowest BCUT2D eigenvalue weighted by Gasteiger charge is -2.15. The second-order valence-electron chi connectivity index (χ2n) is 7.18. The third-order valence-electron chi connectivity index (χ3n) is 4.59. The largest absolute Gasteiger partial charge is 0.493 e. The fourth-order valence-corrected chi connectivity index (χ4v) is 5.26. The Kier molecular flexibility index (Phi) is 5.44. The molecule has 0 bridgehead atoms. The number of sulfone groups is 1. The van der Waals surface area contributed by atoms with E-state index in [-0.39, 0.29) is 22.7 Å². The smallest absolute Gasteiger partial charge is 0.340 e. The summed E-state index contributed by atoms with van der Waals surface area (Å²) < 4.78 is 60.1. The highest BCUT2D eigenvalue weighted by Gasteiger charge is 2.43. The Morgan fingerprint density at radius 2 is 1.61 bits per heavy atom. The van der Waals surface area contributed by atoms with Crippen LogP contribution in [0.15, 0.2) is 52.3 Å². The summed E-state index contributed by atoms with van der Waals surface area (Å²) in [5.41, 5.74) is 0.499. The van der Waals surface area contributed by atoms with Gasteiger partial charge in [0, 0.05) is 17.7 Å². The average molecular weight is 427 g/mol. The first-order valence-electron chi connectivity index (χ1n) is 8.64. The van der Waals surface area contributed by atoms with Crippen molar-refractivity contribution in [3.05, 3.63) is 48.0 Å². The van der Waals surface area contributed by atoms with Crippen molar-refractivity contribution in [2.24, 2.45) is 5.41 Å². The van der Waals surface area contributed by atoms with Crippen molar-refractivity contribution in [1.29, 1.82) is 0 Å². The fraction of sp³-hybridized carbons (Fsp3) is 0.368. The van der Waals surface area contributed by atoms with E-state index in [4.69, 9.17) is 8.92 Å². The summed E-state index contributed by atoms with van der Waals surface area (Å²) in [6.45, 7) is 2.13. The third kappa shape index (κ3) is 4.65. The van der Waals surface area contributed by atoms with Gasteiger partial charge in [0.1, 0.15) is 16.4 Å². The molecule has 0 aliphatic heterocycles. The van der Waals surface area contributed by atoms with Gasteiger partial charge in [-0.3, -0.25) is 0 Å². The maximum absolute atomic E-state index is 12.7. The van der Waals surface area contributed by atoms with Gasteiger partial charge in [-0.15, -0.1) is 0 Å². The Balaban J connectivity index is 1.87.